The topological polar surface area (TPSA) is 43.1 Å². The molecule has 0 aliphatic heterocycles. The maximum Gasteiger partial charge on any atom is 0.298 e. The van der Waals surface area contributed by atoms with Crippen LogP contribution < -0.4 is 0 Å². The van der Waals surface area contributed by atoms with Crippen molar-refractivity contribution in [3.8, 4) is 0 Å². The number of nitro groups is 1. The molecule has 3 nitrogen and oxygen atoms in total. The standard InChI is InChI=1S/C10H18ClNO2/c1-7(2)9-5-4-8(3)6-10(9,11)12(13)14/h7-9H,4-6H2,1-3H3/t8-,9+,10-/m1/s1. The molecule has 0 aromatic carbocycles. The van der Waals surface area contributed by atoms with Crippen LogP contribution >= 0.6 is 11.6 Å². The Bertz CT molecular complexity index is 232. The highest BCUT2D eigenvalue weighted by atomic mass is 35.5. The fraction of sp³-hybridized carbons (Fsp3) is 1.00. The third-order valence-corrected chi connectivity index (χ3v) is 3.85. The summed E-state index contributed by atoms with van der Waals surface area (Å²) in [5, 5.41) is 11.0. The van der Waals surface area contributed by atoms with Crippen molar-refractivity contribution in [1.29, 1.82) is 0 Å². The predicted octanol–water partition coefficient (Wildman–Crippen LogP) is 3.29. The second-order valence-electron chi connectivity index (χ2n) is 4.81. The van der Waals surface area contributed by atoms with Gasteiger partial charge in [-0.25, -0.2) is 0 Å². The van der Waals surface area contributed by atoms with Crippen LogP contribution in [0.5, 0.6) is 0 Å². The Morgan fingerprint density at radius 3 is 2.50 bits per heavy atom. The van der Waals surface area contributed by atoms with Gasteiger partial charge in [-0.2, -0.15) is 0 Å². The number of nitrogens with zero attached hydrogens (tertiary/aromatic N) is 1. The van der Waals surface area contributed by atoms with E-state index in [1.54, 1.807) is 0 Å². The molecule has 1 saturated carbocycles. The molecule has 0 bridgehead atoms. The molecule has 0 radical (unpaired) electrons. The van der Waals surface area contributed by atoms with Crippen LogP contribution in [0.2, 0.25) is 0 Å². The summed E-state index contributed by atoms with van der Waals surface area (Å²) in [6.45, 7) is 6.07. The number of hydrogen-bond donors (Lipinski definition) is 0. The highest BCUT2D eigenvalue weighted by Gasteiger charge is 2.52. The number of halogens is 1. The summed E-state index contributed by atoms with van der Waals surface area (Å²) in [6.07, 6.45) is 2.44. The van der Waals surface area contributed by atoms with Crippen LogP contribution in [0.1, 0.15) is 40.0 Å². The van der Waals surface area contributed by atoms with Gasteiger partial charge >= 0.3 is 0 Å². The van der Waals surface area contributed by atoms with E-state index in [0.29, 0.717) is 12.3 Å². The van der Waals surface area contributed by atoms with Gasteiger partial charge in [0.25, 0.3) is 5.00 Å². The molecule has 0 spiro atoms. The monoisotopic (exact) mass is 219 g/mol. The summed E-state index contributed by atoms with van der Waals surface area (Å²) in [5.74, 6) is 0.661. The summed E-state index contributed by atoms with van der Waals surface area (Å²) in [5.41, 5.74) is 0. The molecule has 1 rings (SSSR count). The summed E-state index contributed by atoms with van der Waals surface area (Å²) in [7, 11) is 0. The highest BCUT2D eigenvalue weighted by molar-refractivity contribution is 6.22. The molecule has 0 unspecified atom stereocenters. The maximum atomic E-state index is 11.0. The fourth-order valence-electron chi connectivity index (χ4n) is 2.48. The molecule has 0 saturated heterocycles. The molecule has 4 heteroatoms. The fourth-order valence-corrected chi connectivity index (χ4v) is 3.11. The van der Waals surface area contributed by atoms with Gasteiger partial charge in [-0.1, -0.05) is 20.8 Å². The summed E-state index contributed by atoms with van der Waals surface area (Å²) < 4.78 is 0. The quantitative estimate of drug-likeness (QED) is 0.310. The summed E-state index contributed by atoms with van der Waals surface area (Å²) >= 11 is 6.17. The lowest BCUT2D eigenvalue weighted by Crippen LogP contribution is -2.46. The average molecular weight is 220 g/mol. The minimum Gasteiger partial charge on any atom is -0.263 e. The van der Waals surface area contributed by atoms with Gasteiger partial charge in [0.2, 0.25) is 0 Å². The van der Waals surface area contributed by atoms with Crippen molar-refractivity contribution in [2.75, 3.05) is 0 Å². The largest absolute Gasteiger partial charge is 0.298 e. The Balaban J connectivity index is 2.88. The Morgan fingerprint density at radius 2 is 2.07 bits per heavy atom. The number of hydrogen-bond acceptors (Lipinski definition) is 2. The average Bonchev–Trinajstić information content (AvgIpc) is 2.02. The molecule has 3 atom stereocenters. The molecule has 1 aliphatic carbocycles. The molecule has 0 N–H and O–H groups in total. The van der Waals surface area contributed by atoms with E-state index >= 15 is 0 Å². The van der Waals surface area contributed by atoms with Crippen molar-refractivity contribution >= 4 is 11.6 Å². The summed E-state index contributed by atoms with van der Waals surface area (Å²) in [4.78, 5) is 9.51. The normalized spacial score (nSPS) is 38.6. The van der Waals surface area contributed by atoms with Gasteiger partial charge in [-0.3, -0.25) is 10.1 Å². The van der Waals surface area contributed by atoms with E-state index in [2.05, 4.69) is 0 Å². The zero-order valence-corrected chi connectivity index (χ0v) is 9.75. The van der Waals surface area contributed by atoms with Gasteiger partial charge in [-0.05, 0) is 36.3 Å². The Hall–Kier alpha value is -0.310. The maximum absolute atomic E-state index is 11.0. The molecule has 0 aromatic rings. The van der Waals surface area contributed by atoms with Crippen LogP contribution in [0.3, 0.4) is 0 Å². The van der Waals surface area contributed by atoms with Crippen molar-refractivity contribution in [2.24, 2.45) is 17.8 Å². The van der Waals surface area contributed by atoms with Crippen LogP contribution in [0.25, 0.3) is 0 Å². The SMILES string of the molecule is CC(C)[C@@H]1CC[C@@H](C)C[C@@]1(Cl)[N+](=O)[O-]. The zero-order valence-electron chi connectivity index (χ0n) is 9.00. The minimum absolute atomic E-state index is 0.00960. The first kappa shape index (κ1) is 11.8. The molecular weight excluding hydrogens is 202 g/mol. The molecule has 1 fully saturated rings. The van der Waals surface area contributed by atoms with Crippen molar-refractivity contribution in [3.05, 3.63) is 10.1 Å². The van der Waals surface area contributed by atoms with Crippen LogP contribution in [0, 0.1) is 27.9 Å². The molecule has 0 aromatic heterocycles. The second-order valence-corrected chi connectivity index (χ2v) is 5.47. The Kier molecular flexibility index (Phi) is 3.40. The van der Waals surface area contributed by atoms with Crippen molar-refractivity contribution < 1.29 is 4.92 Å². The van der Waals surface area contributed by atoms with Crippen molar-refractivity contribution in [2.45, 2.75) is 45.0 Å². The molecule has 14 heavy (non-hydrogen) atoms. The van der Waals surface area contributed by atoms with Gasteiger partial charge in [0.15, 0.2) is 0 Å². The number of rotatable bonds is 2. The Morgan fingerprint density at radius 1 is 1.50 bits per heavy atom. The molecule has 0 amide bonds. The first-order chi connectivity index (χ1) is 6.38. The molecular formula is C10H18ClNO2. The third kappa shape index (κ3) is 2.02. The van der Waals surface area contributed by atoms with E-state index in [-0.39, 0.29) is 16.8 Å². The van der Waals surface area contributed by atoms with Gasteiger partial charge in [-0.15, -0.1) is 0 Å². The van der Waals surface area contributed by atoms with Gasteiger partial charge in [0.05, 0.1) is 0 Å². The van der Waals surface area contributed by atoms with Crippen LogP contribution in [0.15, 0.2) is 0 Å². The van der Waals surface area contributed by atoms with Crippen molar-refractivity contribution in [3.63, 3.8) is 0 Å². The smallest absolute Gasteiger partial charge is 0.263 e. The van der Waals surface area contributed by atoms with E-state index in [4.69, 9.17) is 11.6 Å². The molecule has 82 valence electrons. The zero-order chi connectivity index (χ0) is 10.9. The van der Waals surface area contributed by atoms with Crippen LogP contribution in [-0.4, -0.2) is 9.92 Å². The number of alkyl halides is 1. The lowest BCUT2D eigenvalue weighted by atomic mass is 9.74. The van der Waals surface area contributed by atoms with Crippen LogP contribution in [-0.2, 0) is 0 Å². The van der Waals surface area contributed by atoms with E-state index in [9.17, 15) is 10.1 Å². The van der Waals surface area contributed by atoms with E-state index < -0.39 is 5.00 Å². The van der Waals surface area contributed by atoms with Gasteiger partial charge in [0, 0.05) is 17.3 Å². The van der Waals surface area contributed by atoms with E-state index in [1.807, 2.05) is 20.8 Å². The highest BCUT2D eigenvalue weighted by Crippen LogP contribution is 2.45. The van der Waals surface area contributed by atoms with Crippen LogP contribution in [0.4, 0.5) is 0 Å². The van der Waals surface area contributed by atoms with E-state index in [1.165, 1.54) is 0 Å². The lowest BCUT2D eigenvalue weighted by Gasteiger charge is -2.37. The third-order valence-electron chi connectivity index (χ3n) is 3.28. The van der Waals surface area contributed by atoms with Gasteiger partial charge in [0.1, 0.15) is 0 Å². The van der Waals surface area contributed by atoms with E-state index in [0.717, 1.165) is 12.8 Å². The lowest BCUT2D eigenvalue weighted by molar-refractivity contribution is -0.559. The summed E-state index contributed by atoms with van der Waals surface area (Å²) in [6, 6.07) is 0. The first-order valence-electron chi connectivity index (χ1n) is 5.21. The Labute approximate surface area is 90.0 Å². The molecule has 1 aliphatic rings. The predicted molar refractivity (Wildman–Crippen MR) is 56.9 cm³/mol. The first-order valence-corrected chi connectivity index (χ1v) is 5.59. The minimum atomic E-state index is -1.22. The van der Waals surface area contributed by atoms with Crippen molar-refractivity contribution in [1.82, 2.24) is 0 Å². The van der Waals surface area contributed by atoms with Gasteiger partial charge < -0.3 is 0 Å². The second kappa shape index (κ2) is 4.05. The molecule has 0 heterocycles.